The Morgan fingerprint density at radius 3 is 2.45 bits per heavy atom. The molecular formula is C28H28ClN3O5S. The number of rotatable bonds is 10. The molecule has 0 aromatic heterocycles. The molecule has 0 saturated carbocycles. The number of benzene rings is 3. The lowest BCUT2D eigenvalue weighted by Gasteiger charge is -2.17. The van der Waals surface area contributed by atoms with E-state index in [4.69, 9.17) is 30.8 Å². The van der Waals surface area contributed by atoms with E-state index in [1.165, 1.54) is 11.8 Å². The van der Waals surface area contributed by atoms with E-state index in [1.54, 1.807) is 50.5 Å². The van der Waals surface area contributed by atoms with Gasteiger partial charge < -0.3 is 19.5 Å². The smallest absolute Gasteiger partial charge is 0.242 e. The Hall–Kier alpha value is -3.69. The average Bonchev–Trinajstić information content (AvgIpc) is 3.20. The number of carbonyl (C=O) groups excluding carboxylic acids is 2. The van der Waals surface area contributed by atoms with E-state index in [2.05, 4.69) is 5.32 Å². The highest BCUT2D eigenvalue weighted by atomic mass is 35.5. The van der Waals surface area contributed by atoms with E-state index in [0.717, 1.165) is 5.56 Å². The normalized spacial score (nSPS) is 16.0. The molecule has 198 valence electrons. The van der Waals surface area contributed by atoms with Crippen molar-refractivity contribution in [3.63, 3.8) is 0 Å². The van der Waals surface area contributed by atoms with E-state index in [1.807, 2.05) is 42.5 Å². The lowest BCUT2D eigenvalue weighted by atomic mass is 10.1. The lowest BCUT2D eigenvalue weighted by Crippen LogP contribution is -2.35. The largest absolute Gasteiger partial charge is 0.497 e. The topological polar surface area (TPSA) is 89.5 Å². The first kappa shape index (κ1) is 27.3. The fourth-order valence-corrected chi connectivity index (χ4v) is 5.30. The minimum Gasteiger partial charge on any atom is -0.497 e. The number of methoxy groups -OCH3 is 3. The van der Waals surface area contributed by atoms with Crippen LogP contribution in [0.5, 0.6) is 17.2 Å². The van der Waals surface area contributed by atoms with E-state index >= 15 is 0 Å². The number of halogens is 1. The van der Waals surface area contributed by atoms with Crippen LogP contribution in [0.15, 0.2) is 71.7 Å². The summed E-state index contributed by atoms with van der Waals surface area (Å²) < 4.78 is 16.0. The summed E-state index contributed by atoms with van der Waals surface area (Å²) in [7, 11) is 4.77. The minimum atomic E-state index is -0.600. The second kappa shape index (κ2) is 12.7. The highest BCUT2D eigenvalue weighted by Gasteiger charge is 2.39. The first-order valence-corrected chi connectivity index (χ1v) is 13.1. The molecule has 2 amide bonds. The molecule has 1 heterocycles. The van der Waals surface area contributed by atoms with Gasteiger partial charge in [-0.25, -0.2) is 4.99 Å². The highest BCUT2D eigenvalue weighted by Crippen LogP contribution is 2.33. The van der Waals surface area contributed by atoms with Crippen molar-refractivity contribution in [3.05, 3.63) is 77.3 Å². The molecule has 1 fully saturated rings. The van der Waals surface area contributed by atoms with Gasteiger partial charge in [0.2, 0.25) is 11.8 Å². The summed E-state index contributed by atoms with van der Waals surface area (Å²) in [5.74, 6) is 1.53. The van der Waals surface area contributed by atoms with Crippen molar-refractivity contribution < 1.29 is 23.8 Å². The van der Waals surface area contributed by atoms with Gasteiger partial charge in [-0.2, -0.15) is 0 Å². The second-order valence-corrected chi connectivity index (χ2v) is 10.00. The van der Waals surface area contributed by atoms with Crippen LogP contribution in [-0.2, 0) is 16.0 Å². The quantitative estimate of drug-likeness (QED) is 0.353. The van der Waals surface area contributed by atoms with E-state index in [0.29, 0.717) is 51.8 Å². The zero-order valence-electron chi connectivity index (χ0n) is 21.3. The number of amides is 2. The number of carbonyl (C=O) groups is 2. The average molecular weight is 554 g/mol. The molecule has 1 saturated heterocycles. The van der Waals surface area contributed by atoms with Gasteiger partial charge in [0, 0.05) is 23.7 Å². The second-order valence-electron chi connectivity index (χ2n) is 8.39. The number of anilines is 1. The van der Waals surface area contributed by atoms with Crippen molar-refractivity contribution in [2.24, 2.45) is 4.99 Å². The molecule has 1 N–H and O–H groups in total. The molecule has 0 aliphatic carbocycles. The SMILES string of the molecule is COc1ccc(N=C2S[C@H](CC(=O)Nc3cccc(Cl)c3)C(=O)N2CCc2ccc(OC)c(OC)c2)cc1. The van der Waals surface area contributed by atoms with Gasteiger partial charge in [0.05, 0.1) is 27.0 Å². The first-order valence-electron chi connectivity index (χ1n) is 11.9. The van der Waals surface area contributed by atoms with Gasteiger partial charge in [0.25, 0.3) is 0 Å². The minimum absolute atomic E-state index is 0.00447. The van der Waals surface area contributed by atoms with Crippen LogP contribution in [0, 0.1) is 0 Å². The van der Waals surface area contributed by atoms with Crippen LogP contribution in [0.1, 0.15) is 12.0 Å². The predicted molar refractivity (Wildman–Crippen MR) is 151 cm³/mol. The Bertz CT molecular complexity index is 1330. The standard InChI is InChI=1S/C28H28ClN3O5S/c1-35-22-10-8-20(9-11-22)31-28-32(14-13-18-7-12-23(36-2)24(15-18)37-3)27(34)25(38-28)17-26(33)30-21-6-4-5-19(29)16-21/h4-12,15-16,25H,13-14,17H2,1-3H3,(H,30,33)/t25-/m1/s1. The van der Waals surface area contributed by atoms with Crippen LogP contribution >= 0.6 is 23.4 Å². The van der Waals surface area contributed by atoms with E-state index in [-0.39, 0.29) is 18.2 Å². The summed E-state index contributed by atoms with van der Waals surface area (Å²) in [5.41, 5.74) is 2.24. The van der Waals surface area contributed by atoms with Gasteiger partial charge >= 0.3 is 0 Å². The molecule has 3 aromatic carbocycles. The van der Waals surface area contributed by atoms with Gasteiger partial charge in [-0.1, -0.05) is 35.5 Å². The predicted octanol–water partition coefficient (Wildman–Crippen LogP) is 5.57. The number of aliphatic imine (C=N–C) groups is 1. The van der Waals surface area contributed by atoms with E-state index < -0.39 is 5.25 Å². The zero-order valence-corrected chi connectivity index (χ0v) is 22.8. The number of nitrogens with zero attached hydrogens (tertiary/aromatic N) is 2. The number of hydrogen-bond donors (Lipinski definition) is 1. The Morgan fingerprint density at radius 2 is 1.76 bits per heavy atom. The van der Waals surface area contributed by atoms with Crippen molar-refractivity contribution in [2.75, 3.05) is 33.2 Å². The monoisotopic (exact) mass is 553 g/mol. The number of thioether (sulfide) groups is 1. The van der Waals surface area contributed by atoms with Crippen molar-refractivity contribution in [3.8, 4) is 17.2 Å². The summed E-state index contributed by atoms with van der Waals surface area (Å²) in [6, 6.07) is 19.8. The molecular weight excluding hydrogens is 526 g/mol. The third-order valence-corrected chi connectivity index (χ3v) is 7.28. The molecule has 0 unspecified atom stereocenters. The number of hydrogen-bond acceptors (Lipinski definition) is 7. The van der Waals surface area contributed by atoms with Gasteiger partial charge in [-0.15, -0.1) is 0 Å². The molecule has 1 aliphatic heterocycles. The van der Waals surface area contributed by atoms with Crippen molar-refractivity contribution in [1.82, 2.24) is 4.90 Å². The third-order valence-electron chi connectivity index (χ3n) is 5.87. The summed E-state index contributed by atoms with van der Waals surface area (Å²) >= 11 is 7.31. The first-order chi connectivity index (χ1) is 18.4. The molecule has 38 heavy (non-hydrogen) atoms. The fraction of sp³-hybridized carbons (Fsp3) is 0.250. The summed E-state index contributed by atoms with van der Waals surface area (Å²) in [4.78, 5) is 32.6. The van der Waals surface area contributed by atoms with Crippen LogP contribution in [0.2, 0.25) is 5.02 Å². The highest BCUT2D eigenvalue weighted by molar-refractivity contribution is 8.15. The molecule has 0 radical (unpaired) electrons. The molecule has 10 heteroatoms. The van der Waals surface area contributed by atoms with Gasteiger partial charge in [0.15, 0.2) is 16.7 Å². The molecule has 8 nitrogen and oxygen atoms in total. The maximum absolute atomic E-state index is 13.5. The molecule has 0 spiro atoms. The van der Waals surface area contributed by atoms with Gasteiger partial charge in [0.1, 0.15) is 11.0 Å². The van der Waals surface area contributed by atoms with Gasteiger partial charge in [-0.05, 0) is 66.6 Å². The molecule has 0 bridgehead atoms. The van der Waals surface area contributed by atoms with Crippen LogP contribution in [-0.4, -0.2) is 55.0 Å². The molecule has 1 atom stereocenters. The molecule has 4 rings (SSSR count). The zero-order chi connectivity index (χ0) is 27.1. The van der Waals surface area contributed by atoms with Crippen LogP contribution < -0.4 is 19.5 Å². The Kier molecular flexibility index (Phi) is 9.15. The van der Waals surface area contributed by atoms with Crippen molar-refractivity contribution in [1.29, 1.82) is 0 Å². The maximum atomic E-state index is 13.5. The Labute approximate surface area is 230 Å². The van der Waals surface area contributed by atoms with Crippen LogP contribution in [0.3, 0.4) is 0 Å². The van der Waals surface area contributed by atoms with Crippen LogP contribution in [0.25, 0.3) is 0 Å². The van der Waals surface area contributed by atoms with Crippen molar-refractivity contribution >= 4 is 51.7 Å². The fourth-order valence-electron chi connectivity index (χ4n) is 3.92. The summed E-state index contributed by atoms with van der Waals surface area (Å²) in [6.07, 6.45) is 0.570. The van der Waals surface area contributed by atoms with Crippen LogP contribution in [0.4, 0.5) is 11.4 Å². The Balaban J connectivity index is 1.52. The summed E-state index contributed by atoms with van der Waals surface area (Å²) in [6.45, 7) is 0.392. The summed E-state index contributed by atoms with van der Waals surface area (Å²) in [5, 5.41) is 3.28. The maximum Gasteiger partial charge on any atom is 0.242 e. The number of amidine groups is 1. The Morgan fingerprint density at radius 1 is 1.00 bits per heavy atom. The molecule has 3 aromatic rings. The third kappa shape index (κ3) is 6.79. The van der Waals surface area contributed by atoms with E-state index in [9.17, 15) is 9.59 Å². The van der Waals surface area contributed by atoms with Gasteiger partial charge in [-0.3, -0.25) is 14.5 Å². The lowest BCUT2D eigenvalue weighted by molar-refractivity contribution is -0.128. The van der Waals surface area contributed by atoms with Crippen molar-refractivity contribution in [2.45, 2.75) is 18.1 Å². The number of ether oxygens (including phenoxy) is 3. The molecule has 1 aliphatic rings. The number of nitrogens with one attached hydrogen (secondary N) is 1.